The lowest BCUT2D eigenvalue weighted by atomic mass is 10.0. The molecule has 0 radical (unpaired) electrons. The van der Waals surface area contributed by atoms with Crippen LogP contribution < -0.4 is 4.74 Å². The van der Waals surface area contributed by atoms with Crippen LogP contribution in [-0.4, -0.2) is 31.9 Å². The van der Waals surface area contributed by atoms with E-state index >= 15 is 0 Å². The van der Waals surface area contributed by atoms with Crippen molar-refractivity contribution in [1.82, 2.24) is 0 Å². The first kappa shape index (κ1) is 22.8. The van der Waals surface area contributed by atoms with E-state index in [1.807, 2.05) is 37.3 Å². The molecule has 0 heterocycles. The SMILES string of the molecule is CCOC(=O)[C@H](Cc1ccc(OCC=Cc2ccc3c(c2)Cc2ccccc2-3)cc1)OCC. The van der Waals surface area contributed by atoms with E-state index in [2.05, 4.69) is 48.5 Å². The topological polar surface area (TPSA) is 44.8 Å². The van der Waals surface area contributed by atoms with Gasteiger partial charge in [-0.25, -0.2) is 4.79 Å². The predicted molar refractivity (Wildman–Crippen MR) is 131 cm³/mol. The van der Waals surface area contributed by atoms with Crippen molar-refractivity contribution < 1.29 is 19.0 Å². The second kappa shape index (κ2) is 11.0. The number of esters is 1. The summed E-state index contributed by atoms with van der Waals surface area (Å²) in [5.41, 5.74) is 7.65. The minimum absolute atomic E-state index is 0.319. The van der Waals surface area contributed by atoms with Crippen molar-refractivity contribution in [3.8, 4) is 16.9 Å². The van der Waals surface area contributed by atoms with Crippen LogP contribution >= 0.6 is 0 Å². The zero-order chi connectivity index (χ0) is 23.0. The van der Waals surface area contributed by atoms with Gasteiger partial charge in [0.2, 0.25) is 0 Å². The Kier molecular flexibility index (Phi) is 7.59. The van der Waals surface area contributed by atoms with Crippen LogP contribution in [0.25, 0.3) is 17.2 Å². The maximum atomic E-state index is 12.0. The molecule has 0 aromatic heterocycles. The Morgan fingerprint density at radius 3 is 2.52 bits per heavy atom. The summed E-state index contributed by atoms with van der Waals surface area (Å²) in [6, 6.07) is 23.0. The summed E-state index contributed by atoms with van der Waals surface area (Å²) in [4.78, 5) is 12.0. The number of hydrogen-bond donors (Lipinski definition) is 0. The highest BCUT2D eigenvalue weighted by molar-refractivity contribution is 5.78. The number of carbonyl (C=O) groups excluding carboxylic acids is 1. The Balaban J connectivity index is 1.29. The molecule has 33 heavy (non-hydrogen) atoms. The lowest BCUT2D eigenvalue weighted by Gasteiger charge is -2.15. The van der Waals surface area contributed by atoms with Crippen molar-refractivity contribution in [2.75, 3.05) is 19.8 Å². The summed E-state index contributed by atoms with van der Waals surface area (Å²) in [5, 5.41) is 0. The molecular formula is C29H30O4. The maximum absolute atomic E-state index is 12.0. The first-order chi connectivity index (χ1) is 16.2. The molecule has 4 heteroatoms. The molecule has 0 saturated heterocycles. The largest absolute Gasteiger partial charge is 0.490 e. The minimum Gasteiger partial charge on any atom is -0.490 e. The Bertz CT molecular complexity index is 1110. The van der Waals surface area contributed by atoms with Crippen molar-refractivity contribution in [2.45, 2.75) is 32.8 Å². The Hall–Kier alpha value is -3.37. The Morgan fingerprint density at radius 1 is 0.939 bits per heavy atom. The monoisotopic (exact) mass is 442 g/mol. The molecule has 0 fully saturated rings. The van der Waals surface area contributed by atoms with Crippen molar-refractivity contribution in [3.05, 3.63) is 95.1 Å². The quantitative estimate of drug-likeness (QED) is 0.289. The molecule has 0 bridgehead atoms. The fraction of sp³-hybridized carbons (Fsp3) is 0.276. The molecule has 0 unspecified atom stereocenters. The molecule has 1 atom stereocenters. The molecular weight excluding hydrogens is 412 g/mol. The van der Waals surface area contributed by atoms with Gasteiger partial charge in [0.05, 0.1) is 6.61 Å². The maximum Gasteiger partial charge on any atom is 0.335 e. The standard InChI is InChI=1S/C29H30O4/c1-3-31-28(29(30)32-4-2)19-22-11-14-25(15-12-22)33-17-7-8-21-13-16-27-24(18-21)20-23-9-5-6-10-26(23)27/h5-16,18,28H,3-4,17,19-20H2,1-2H3/t28-/m0/s1. The average molecular weight is 443 g/mol. The predicted octanol–water partition coefficient (Wildman–Crippen LogP) is 5.86. The van der Waals surface area contributed by atoms with Gasteiger partial charge < -0.3 is 14.2 Å². The summed E-state index contributed by atoms with van der Waals surface area (Å²) in [7, 11) is 0. The minimum atomic E-state index is -0.579. The van der Waals surface area contributed by atoms with E-state index in [0.717, 1.165) is 17.7 Å². The molecule has 0 N–H and O–H groups in total. The summed E-state index contributed by atoms with van der Waals surface area (Å²) in [6.45, 7) is 4.97. The van der Waals surface area contributed by atoms with E-state index in [9.17, 15) is 4.79 Å². The van der Waals surface area contributed by atoms with Crippen LogP contribution in [0.1, 0.15) is 36.1 Å². The summed E-state index contributed by atoms with van der Waals surface area (Å²) < 4.78 is 16.5. The van der Waals surface area contributed by atoms with Crippen LogP contribution in [0.5, 0.6) is 5.75 Å². The number of hydrogen-bond acceptors (Lipinski definition) is 4. The lowest BCUT2D eigenvalue weighted by Crippen LogP contribution is -2.28. The highest BCUT2D eigenvalue weighted by Crippen LogP contribution is 2.36. The molecule has 0 amide bonds. The third-order valence-corrected chi connectivity index (χ3v) is 5.74. The lowest BCUT2D eigenvalue weighted by molar-refractivity contribution is -0.156. The highest BCUT2D eigenvalue weighted by Gasteiger charge is 2.20. The average Bonchev–Trinajstić information content (AvgIpc) is 3.20. The van der Waals surface area contributed by atoms with Gasteiger partial charge in [-0.2, -0.15) is 0 Å². The van der Waals surface area contributed by atoms with Crippen LogP contribution in [-0.2, 0) is 27.1 Å². The molecule has 1 aliphatic carbocycles. The van der Waals surface area contributed by atoms with Crippen molar-refractivity contribution >= 4 is 12.0 Å². The second-order valence-corrected chi connectivity index (χ2v) is 8.01. The van der Waals surface area contributed by atoms with Gasteiger partial charge in [0.15, 0.2) is 6.10 Å². The molecule has 1 aliphatic rings. The fourth-order valence-corrected chi connectivity index (χ4v) is 4.18. The van der Waals surface area contributed by atoms with Gasteiger partial charge in [-0.05, 0) is 71.9 Å². The Labute approximate surface area is 195 Å². The number of carbonyl (C=O) groups is 1. The van der Waals surface area contributed by atoms with Crippen molar-refractivity contribution in [2.24, 2.45) is 0 Å². The van der Waals surface area contributed by atoms with E-state index < -0.39 is 6.10 Å². The number of rotatable bonds is 10. The number of ether oxygens (including phenoxy) is 3. The van der Waals surface area contributed by atoms with E-state index in [1.54, 1.807) is 6.92 Å². The Morgan fingerprint density at radius 2 is 1.73 bits per heavy atom. The van der Waals surface area contributed by atoms with Gasteiger partial charge in [-0.3, -0.25) is 0 Å². The van der Waals surface area contributed by atoms with Crippen molar-refractivity contribution in [1.29, 1.82) is 0 Å². The van der Waals surface area contributed by atoms with Crippen LogP contribution in [0.2, 0.25) is 0 Å². The van der Waals surface area contributed by atoms with Gasteiger partial charge in [0.25, 0.3) is 0 Å². The first-order valence-corrected chi connectivity index (χ1v) is 11.6. The molecule has 3 aromatic carbocycles. The molecule has 170 valence electrons. The van der Waals surface area contributed by atoms with Gasteiger partial charge in [-0.15, -0.1) is 0 Å². The van der Waals surface area contributed by atoms with E-state index in [0.29, 0.717) is 26.2 Å². The molecule has 4 rings (SSSR count). The number of fused-ring (bicyclic) bond motifs is 3. The third kappa shape index (κ3) is 5.71. The summed E-state index contributed by atoms with van der Waals surface area (Å²) in [6.07, 6.45) is 5.03. The van der Waals surface area contributed by atoms with Crippen molar-refractivity contribution in [3.63, 3.8) is 0 Å². The second-order valence-electron chi connectivity index (χ2n) is 8.01. The van der Waals surface area contributed by atoms with E-state index in [4.69, 9.17) is 14.2 Å². The number of benzene rings is 3. The summed E-state index contributed by atoms with van der Waals surface area (Å²) in [5.74, 6) is 0.470. The van der Waals surface area contributed by atoms with Crippen LogP contribution in [0.15, 0.2) is 72.8 Å². The van der Waals surface area contributed by atoms with Gasteiger partial charge in [0, 0.05) is 13.0 Å². The molecule has 4 nitrogen and oxygen atoms in total. The van der Waals surface area contributed by atoms with E-state index in [1.165, 1.54) is 27.8 Å². The van der Waals surface area contributed by atoms with E-state index in [-0.39, 0.29) is 5.97 Å². The fourth-order valence-electron chi connectivity index (χ4n) is 4.18. The first-order valence-electron chi connectivity index (χ1n) is 11.6. The van der Waals surface area contributed by atoms with Gasteiger partial charge in [0.1, 0.15) is 12.4 Å². The van der Waals surface area contributed by atoms with Crippen LogP contribution in [0.3, 0.4) is 0 Å². The highest BCUT2D eigenvalue weighted by atomic mass is 16.6. The molecule has 0 aliphatic heterocycles. The third-order valence-electron chi connectivity index (χ3n) is 5.74. The van der Waals surface area contributed by atoms with Crippen LogP contribution in [0, 0.1) is 0 Å². The zero-order valence-corrected chi connectivity index (χ0v) is 19.3. The normalized spacial score (nSPS) is 12.9. The smallest absolute Gasteiger partial charge is 0.335 e. The van der Waals surface area contributed by atoms with Crippen LogP contribution in [0.4, 0.5) is 0 Å². The van der Waals surface area contributed by atoms with Gasteiger partial charge >= 0.3 is 5.97 Å². The molecule has 0 saturated carbocycles. The molecule has 3 aromatic rings. The zero-order valence-electron chi connectivity index (χ0n) is 19.3. The van der Waals surface area contributed by atoms with Gasteiger partial charge in [-0.1, -0.05) is 60.7 Å². The summed E-state index contributed by atoms with van der Waals surface area (Å²) >= 11 is 0. The molecule has 0 spiro atoms.